The van der Waals surface area contributed by atoms with Gasteiger partial charge in [-0.15, -0.1) is 0 Å². The summed E-state index contributed by atoms with van der Waals surface area (Å²) < 4.78 is 10.6. The fourth-order valence-corrected chi connectivity index (χ4v) is 2.84. The number of para-hydroxylation sites is 2. The summed E-state index contributed by atoms with van der Waals surface area (Å²) in [6, 6.07) is 20.7. The van der Waals surface area contributed by atoms with Gasteiger partial charge in [0.2, 0.25) is 5.91 Å². The van der Waals surface area contributed by atoms with Crippen molar-refractivity contribution in [2.24, 2.45) is 0 Å². The zero-order chi connectivity index (χ0) is 21.3. The Kier molecular flexibility index (Phi) is 6.95. The van der Waals surface area contributed by atoms with Crippen molar-refractivity contribution in [1.82, 2.24) is 0 Å². The summed E-state index contributed by atoms with van der Waals surface area (Å²) in [4.78, 5) is 12.1. The first-order valence-corrected chi connectivity index (χ1v) is 9.47. The van der Waals surface area contributed by atoms with Crippen molar-refractivity contribution in [2.75, 3.05) is 30.6 Å². The number of hydrogen-bond donors (Lipinski definition) is 3. The number of carbonyl (C=O) groups excluding carboxylic acids is 1. The van der Waals surface area contributed by atoms with Gasteiger partial charge >= 0.3 is 0 Å². The Morgan fingerprint density at radius 2 is 1.63 bits per heavy atom. The molecule has 0 aliphatic heterocycles. The molecule has 0 bridgehead atoms. The van der Waals surface area contributed by atoms with Crippen LogP contribution in [0.2, 0.25) is 0 Å². The molecule has 6 nitrogen and oxygen atoms in total. The summed E-state index contributed by atoms with van der Waals surface area (Å²) in [7, 11) is 3.26. The normalized spacial score (nSPS) is 10.6. The molecular weight excluding hydrogens is 378 g/mol. The molecule has 154 valence electrons. The minimum absolute atomic E-state index is 0.234. The minimum atomic E-state index is -0.234. The molecule has 0 unspecified atom stereocenters. The standard InChI is InChI=1S/C24H25N3O3/c1-29-20-13-18(14-21(15-20)30-2)16-26-19-10-7-17(8-11-19)9-12-24(28)27-23-6-4-3-5-22(23)25/h3-15,26H,16,25H2,1-2H3,(H,27,28). The molecule has 0 spiro atoms. The molecular formula is C24H25N3O3. The van der Waals surface area contributed by atoms with Crippen molar-refractivity contribution in [2.45, 2.75) is 6.54 Å². The van der Waals surface area contributed by atoms with Gasteiger partial charge in [-0.1, -0.05) is 24.3 Å². The molecule has 0 atom stereocenters. The second-order valence-electron chi connectivity index (χ2n) is 6.61. The summed E-state index contributed by atoms with van der Waals surface area (Å²) >= 11 is 0. The molecule has 0 saturated carbocycles. The molecule has 30 heavy (non-hydrogen) atoms. The molecule has 1 amide bonds. The van der Waals surface area contributed by atoms with Gasteiger partial charge in [-0.05, 0) is 53.6 Å². The Balaban J connectivity index is 1.56. The van der Waals surface area contributed by atoms with Crippen LogP contribution in [0.4, 0.5) is 17.1 Å². The van der Waals surface area contributed by atoms with Gasteiger partial charge in [-0.2, -0.15) is 0 Å². The van der Waals surface area contributed by atoms with Gasteiger partial charge in [0.15, 0.2) is 0 Å². The van der Waals surface area contributed by atoms with Gasteiger partial charge in [-0.25, -0.2) is 0 Å². The van der Waals surface area contributed by atoms with Gasteiger partial charge < -0.3 is 25.8 Å². The van der Waals surface area contributed by atoms with Crippen molar-refractivity contribution in [3.8, 4) is 11.5 Å². The van der Waals surface area contributed by atoms with E-state index in [1.165, 1.54) is 6.08 Å². The van der Waals surface area contributed by atoms with E-state index in [1.54, 1.807) is 32.4 Å². The average Bonchev–Trinajstić information content (AvgIpc) is 2.78. The monoisotopic (exact) mass is 403 g/mol. The Morgan fingerprint density at radius 1 is 0.967 bits per heavy atom. The first-order valence-electron chi connectivity index (χ1n) is 9.47. The highest BCUT2D eigenvalue weighted by molar-refractivity contribution is 6.03. The average molecular weight is 403 g/mol. The Bertz CT molecular complexity index is 1010. The summed E-state index contributed by atoms with van der Waals surface area (Å²) in [6.45, 7) is 0.629. The topological polar surface area (TPSA) is 85.6 Å². The van der Waals surface area contributed by atoms with E-state index in [9.17, 15) is 4.79 Å². The van der Waals surface area contributed by atoms with Crippen molar-refractivity contribution in [3.63, 3.8) is 0 Å². The van der Waals surface area contributed by atoms with E-state index in [0.29, 0.717) is 17.9 Å². The largest absolute Gasteiger partial charge is 0.497 e. The number of benzene rings is 3. The van der Waals surface area contributed by atoms with E-state index in [2.05, 4.69) is 10.6 Å². The fourth-order valence-electron chi connectivity index (χ4n) is 2.84. The van der Waals surface area contributed by atoms with Crippen molar-refractivity contribution >= 4 is 29.0 Å². The lowest BCUT2D eigenvalue weighted by molar-refractivity contribution is -0.111. The Morgan fingerprint density at radius 3 is 2.27 bits per heavy atom. The van der Waals surface area contributed by atoms with E-state index >= 15 is 0 Å². The molecule has 3 aromatic rings. The number of nitrogen functional groups attached to an aromatic ring is 1. The highest BCUT2D eigenvalue weighted by Crippen LogP contribution is 2.23. The number of rotatable bonds is 8. The predicted octanol–water partition coefficient (Wildman–Crippen LogP) is 4.55. The number of nitrogens with two attached hydrogens (primary N) is 1. The van der Waals surface area contributed by atoms with Crippen molar-refractivity contribution in [3.05, 3.63) is 83.9 Å². The van der Waals surface area contributed by atoms with Crippen LogP contribution in [0.25, 0.3) is 6.08 Å². The molecule has 6 heteroatoms. The van der Waals surface area contributed by atoms with E-state index in [-0.39, 0.29) is 5.91 Å². The van der Waals surface area contributed by atoms with Crippen LogP contribution in [-0.4, -0.2) is 20.1 Å². The number of ether oxygens (including phenoxy) is 2. The molecule has 0 saturated heterocycles. The maximum Gasteiger partial charge on any atom is 0.248 e. The molecule has 0 heterocycles. The minimum Gasteiger partial charge on any atom is -0.497 e. The van der Waals surface area contributed by atoms with Gasteiger partial charge in [0.1, 0.15) is 11.5 Å². The van der Waals surface area contributed by atoms with Gasteiger partial charge in [0, 0.05) is 24.4 Å². The van der Waals surface area contributed by atoms with E-state index in [1.807, 2.05) is 54.6 Å². The lowest BCUT2D eigenvalue weighted by Gasteiger charge is -2.10. The van der Waals surface area contributed by atoms with Crippen LogP contribution in [0.15, 0.2) is 72.8 Å². The lowest BCUT2D eigenvalue weighted by atomic mass is 10.1. The number of carbonyl (C=O) groups is 1. The molecule has 3 rings (SSSR count). The Hall–Kier alpha value is -3.93. The summed E-state index contributed by atoms with van der Waals surface area (Å²) in [5, 5.41) is 6.13. The quantitative estimate of drug-likeness (QED) is 0.379. The molecule has 0 aliphatic rings. The van der Waals surface area contributed by atoms with Gasteiger partial charge in [-0.3, -0.25) is 4.79 Å². The number of hydrogen-bond acceptors (Lipinski definition) is 5. The van der Waals surface area contributed by atoms with Gasteiger partial charge in [0.05, 0.1) is 25.6 Å². The van der Waals surface area contributed by atoms with Crippen LogP contribution in [0.5, 0.6) is 11.5 Å². The molecule has 3 aromatic carbocycles. The van der Waals surface area contributed by atoms with E-state index < -0.39 is 0 Å². The number of nitrogens with one attached hydrogen (secondary N) is 2. The molecule has 0 radical (unpaired) electrons. The highest BCUT2D eigenvalue weighted by Gasteiger charge is 2.03. The zero-order valence-electron chi connectivity index (χ0n) is 17.0. The van der Waals surface area contributed by atoms with Crippen LogP contribution >= 0.6 is 0 Å². The third-order valence-electron chi connectivity index (χ3n) is 4.46. The first-order chi connectivity index (χ1) is 14.6. The number of methoxy groups -OCH3 is 2. The summed E-state index contributed by atoms with van der Waals surface area (Å²) in [6.07, 6.45) is 3.24. The maximum atomic E-state index is 12.1. The number of anilines is 3. The summed E-state index contributed by atoms with van der Waals surface area (Å²) in [5.41, 5.74) is 9.90. The van der Waals surface area contributed by atoms with Crippen LogP contribution in [0, 0.1) is 0 Å². The third-order valence-corrected chi connectivity index (χ3v) is 4.46. The van der Waals surface area contributed by atoms with Crippen molar-refractivity contribution in [1.29, 1.82) is 0 Å². The van der Waals surface area contributed by atoms with Gasteiger partial charge in [0.25, 0.3) is 0 Å². The maximum absolute atomic E-state index is 12.1. The highest BCUT2D eigenvalue weighted by atomic mass is 16.5. The first kappa shape index (κ1) is 20.8. The van der Waals surface area contributed by atoms with Crippen LogP contribution < -0.4 is 25.8 Å². The second kappa shape index (κ2) is 10.0. The number of amides is 1. The summed E-state index contributed by atoms with van der Waals surface area (Å²) in [5.74, 6) is 1.27. The van der Waals surface area contributed by atoms with Crippen molar-refractivity contribution < 1.29 is 14.3 Å². The molecule has 4 N–H and O–H groups in total. The third kappa shape index (κ3) is 5.78. The zero-order valence-corrected chi connectivity index (χ0v) is 17.0. The van der Waals surface area contributed by atoms with Crippen LogP contribution in [0.1, 0.15) is 11.1 Å². The molecule has 0 aliphatic carbocycles. The molecule has 0 aromatic heterocycles. The van der Waals surface area contributed by atoms with Crippen LogP contribution in [-0.2, 0) is 11.3 Å². The fraction of sp³-hybridized carbons (Fsp3) is 0.125. The lowest BCUT2D eigenvalue weighted by Crippen LogP contribution is -2.09. The predicted molar refractivity (Wildman–Crippen MR) is 122 cm³/mol. The van der Waals surface area contributed by atoms with Crippen LogP contribution in [0.3, 0.4) is 0 Å². The molecule has 0 fully saturated rings. The second-order valence-corrected chi connectivity index (χ2v) is 6.61. The Labute approximate surface area is 176 Å². The van der Waals surface area contributed by atoms with E-state index in [0.717, 1.165) is 28.3 Å². The SMILES string of the molecule is COc1cc(CNc2ccc(C=CC(=O)Nc3ccccc3N)cc2)cc(OC)c1. The smallest absolute Gasteiger partial charge is 0.248 e. The van der Waals surface area contributed by atoms with E-state index in [4.69, 9.17) is 15.2 Å².